The molecule has 1 saturated carbocycles. The predicted molar refractivity (Wildman–Crippen MR) is 85.0 cm³/mol. The van der Waals surface area contributed by atoms with Gasteiger partial charge in [0.05, 0.1) is 0 Å². The molecule has 0 aliphatic heterocycles. The summed E-state index contributed by atoms with van der Waals surface area (Å²) >= 11 is 0. The van der Waals surface area contributed by atoms with E-state index in [4.69, 9.17) is 5.73 Å². The molecule has 1 fully saturated rings. The number of nitrogens with two attached hydrogens (primary N) is 1. The van der Waals surface area contributed by atoms with Crippen LogP contribution in [0.5, 0.6) is 0 Å². The van der Waals surface area contributed by atoms with E-state index in [0.29, 0.717) is 5.92 Å². The highest BCUT2D eigenvalue weighted by atomic mass is 15.1. The van der Waals surface area contributed by atoms with Crippen LogP contribution in [0.4, 0.5) is 0 Å². The van der Waals surface area contributed by atoms with Gasteiger partial charge in [-0.1, -0.05) is 47.6 Å². The first-order valence-electron chi connectivity index (χ1n) is 8.08. The fourth-order valence-electron chi connectivity index (χ4n) is 3.38. The maximum absolute atomic E-state index is 6.48. The molecule has 2 N–H and O–H groups in total. The maximum atomic E-state index is 6.48. The fraction of sp³-hybridized carbons (Fsp3) is 0.882. The Morgan fingerprint density at radius 1 is 1.26 bits per heavy atom. The molecule has 0 spiro atoms. The Kier molecular flexibility index (Phi) is 5.49. The van der Waals surface area contributed by atoms with Crippen LogP contribution >= 0.6 is 0 Å². The first kappa shape index (κ1) is 16.6. The van der Waals surface area contributed by atoms with Crippen LogP contribution in [0.15, 0.2) is 12.3 Å². The molecule has 3 atom stereocenters. The van der Waals surface area contributed by atoms with Gasteiger partial charge in [0.1, 0.15) is 0 Å². The van der Waals surface area contributed by atoms with Crippen molar-refractivity contribution in [2.24, 2.45) is 17.1 Å². The average molecular weight is 266 g/mol. The first-order chi connectivity index (χ1) is 8.86. The zero-order chi connectivity index (χ0) is 14.7. The maximum Gasteiger partial charge on any atom is 0.0219 e. The smallest absolute Gasteiger partial charge is 0.0219 e. The van der Waals surface area contributed by atoms with Gasteiger partial charge >= 0.3 is 0 Å². The molecular formula is C17H34N2. The molecular weight excluding hydrogens is 232 g/mol. The lowest BCUT2D eigenvalue weighted by Crippen LogP contribution is -2.36. The van der Waals surface area contributed by atoms with Gasteiger partial charge < -0.3 is 10.6 Å². The molecule has 0 aromatic rings. The van der Waals surface area contributed by atoms with E-state index in [2.05, 4.69) is 46.1 Å². The van der Waals surface area contributed by atoms with Crippen LogP contribution < -0.4 is 5.73 Å². The Balaban J connectivity index is 2.69. The first-order valence-corrected chi connectivity index (χ1v) is 8.08. The van der Waals surface area contributed by atoms with E-state index >= 15 is 0 Å². The molecule has 2 unspecified atom stereocenters. The standard InChI is InChI=1S/C17H34N2/c1-7-10-12-19(11-8-2)15(5)14(4)16(6)13-17(16,18)9-3/h14H,5,7-13,18H2,1-4,6H3/t14-,16?,17?/m1/s1. The van der Waals surface area contributed by atoms with Gasteiger partial charge in [0.2, 0.25) is 0 Å². The van der Waals surface area contributed by atoms with Crippen LogP contribution in [0, 0.1) is 11.3 Å². The number of unbranched alkanes of at least 4 members (excludes halogenated alkanes) is 1. The van der Waals surface area contributed by atoms with Gasteiger partial charge in [-0.3, -0.25) is 0 Å². The third-order valence-corrected chi connectivity index (χ3v) is 5.46. The van der Waals surface area contributed by atoms with E-state index in [0.717, 1.165) is 25.9 Å². The third-order valence-electron chi connectivity index (χ3n) is 5.46. The predicted octanol–water partition coefficient (Wildman–Crippen LogP) is 4.17. The molecule has 0 saturated heterocycles. The molecule has 0 amide bonds. The molecule has 1 aliphatic rings. The zero-order valence-corrected chi connectivity index (χ0v) is 13.8. The van der Waals surface area contributed by atoms with E-state index in [9.17, 15) is 0 Å². The second-order valence-corrected chi connectivity index (χ2v) is 6.66. The molecule has 1 aliphatic carbocycles. The molecule has 19 heavy (non-hydrogen) atoms. The second kappa shape index (κ2) is 6.30. The minimum absolute atomic E-state index is 0.0397. The van der Waals surface area contributed by atoms with E-state index in [-0.39, 0.29) is 11.0 Å². The summed E-state index contributed by atoms with van der Waals surface area (Å²) in [5.41, 5.74) is 8.07. The number of hydrogen-bond acceptors (Lipinski definition) is 2. The minimum Gasteiger partial charge on any atom is -0.375 e. The van der Waals surface area contributed by atoms with Gasteiger partial charge in [-0.05, 0) is 31.1 Å². The number of rotatable bonds is 9. The molecule has 0 bridgehead atoms. The van der Waals surface area contributed by atoms with Crippen molar-refractivity contribution in [1.82, 2.24) is 4.90 Å². The van der Waals surface area contributed by atoms with Crippen molar-refractivity contribution in [2.75, 3.05) is 13.1 Å². The summed E-state index contributed by atoms with van der Waals surface area (Å²) in [6, 6.07) is 0. The summed E-state index contributed by atoms with van der Waals surface area (Å²) in [5, 5.41) is 0. The van der Waals surface area contributed by atoms with Crippen molar-refractivity contribution in [3.8, 4) is 0 Å². The van der Waals surface area contributed by atoms with Gasteiger partial charge in [-0.25, -0.2) is 0 Å². The van der Waals surface area contributed by atoms with Crippen LogP contribution in [-0.2, 0) is 0 Å². The quantitative estimate of drug-likeness (QED) is 0.679. The zero-order valence-electron chi connectivity index (χ0n) is 13.8. The third kappa shape index (κ3) is 3.16. The fourth-order valence-corrected chi connectivity index (χ4v) is 3.38. The van der Waals surface area contributed by atoms with Gasteiger partial charge in [0.25, 0.3) is 0 Å². The van der Waals surface area contributed by atoms with Crippen molar-refractivity contribution >= 4 is 0 Å². The normalized spacial score (nSPS) is 31.1. The van der Waals surface area contributed by atoms with Crippen LogP contribution in [0.1, 0.15) is 66.7 Å². The van der Waals surface area contributed by atoms with Gasteiger partial charge in [0, 0.05) is 30.2 Å². The SMILES string of the molecule is C=C([C@@H](C)C1(C)CC1(N)CC)N(CCC)CCCC. The summed E-state index contributed by atoms with van der Waals surface area (Å²) in [4.78, 5) is 2.49. The van der Waals surface area contributed by atoms with Crippen LogP contribution in [0.25, 0.3) is 0 Å². The van der Waals surface area contributed by atoms with Crippen molar-refractivity contribution in [2.45, 2.75) is 72.3 Å². The van der Waals surface area contributed by atoms with Crippen LogP contribution in [0.2, 0.25) is 0 Å². The lowest BCUT2D eigenvalue weighted by molar-refractivity contribution is 0.244. The van der Waals surface area contributed by atoms with E-state index in [1.54, 1.807) is 0 Å². The summed E-state index contributed by atoms with van der Waals surface area (Å²) < 4.78 is 0. The number of allylic oxidation sites excluding steroid dienone is 1. The summed E-state index contributed by atoms with van der Waals surface area (Å²) in [5.74, 6) is 0.487. The van der Waals surface area contributed by atoms with Gasteiger partial charge in [-0.15, -0.1) is 0 Å². The molecule has 0 aromatic carbocycles. The summed E-state index contributed by atoms with van der Waals surface area (Å²) in [6.07, 6.45) is 5.90. The van der Waals surface area contributed by atoms with Crippen molar-refractivity contribution in [1.29, 1.82) is 0 Å². The van der Waals surface area contributed by atoms with Gasteiger partial charge in [-0.2, -0.15) is 0 Å². The molecule has 1 rings (SSSR count). The lowest BCUT2D eigenvalue weighted by Gasteiger charge is -2.34. The molecule has 0 radical (unpaired) electrons. The van der Waals surface area contributed by atoms with Crippen LogP contribution in [0.3, 0.4) is 0 Å². The van der Waals surface area contributed by atoms with E-state index in [1.165, 1.54) is 25.0 Å². The van der Waals surface area contributed by atoms with Gasteiger partial charge in [0.15, 0.2) is 0 Å². The number of hydrogen-bond donors (Lipinski definition) is 1. The molecule has 2 nitrogen and oxygen atoms in total. The van der Waals surface area contributed by atoms with E-state index in [1.807, 2.05) is 0 Å². The summed E-state index contributed by atoms with van der Waals surface area (Å²) in [7, 11) is 0. The summed E-state index contributed by atoms with van der Waals surface area (Å²) in [6.45, 7) is 18.0. The van der Waals surface area contributed by atoms with Crippen molar-refractivity contribution < 1.29 is 0 Å². The Labute approximate surface area is 120 Å². The van der Waals surface area contributed by atoms with Crippen molar-refractivity contribution in [3.05, 3.63) is 12.3 Å². The second-order valence-electron chi connectivity index (χ2n) is 6.66. The van der Waals surface area contributed by atoms with Crippen molar-refractivity contribution in [3.63, 3.8) is 0 Å². The highest BCUT2D eigenvalue weighted by molar-refractivity contribution is 5.24. The Bertz CT molecular complexity index is 312. The molecule has 2 heteroatoms. The average Bonchev–Trinajstić information content (AvgIpc) is 2.97. The topological polar surface area (TPSA) is 29.3 Å². The lowest BCUT2D eigenvalue weighted by atomic mass is 9.84. The molecule has 0 heterocycles. The Morgan fingerprint density at radius 2 is 1.89 bits per heavy atom. The highest BCUT2D eigenvalue weighted by Crippen LogP contribution is 2.62. The monoisotopic (exact) mass is 266 g/mol. The Hall–Kier alpha value is -0.500. The number of nitrogens with zero attached hydrogens (tertiary/aromatic N) is 1. The Morgan fingerprint density at radius 3 is 2.32 bits per heavy atom. The largest absolute Gasteiger partial charge is 0.375 e. The molecule has 0 aromatic heterocycles. The highest BCUT2D eigenvalue weighted by Gasteiger charge is 2.63. The minimum atomic E-state index is 0.0397. The van der Waals surface area contributed by atoms with Crippen LogP contribution in [-0.4, -0.2) is 23.5 Å². The molecule has 112 valence electrons. The van der Waals surface area contributed by atoms with E-state index < -0.39 is 0 Å².